The van der Waals surface area contributed by atoms with Gasteiger partial charge in [-0.1, -0.05) is 6.07 Å². The number of carboxylic acids is 1. The van der Waals surface area contributed by atoms with Crippen LogP contribution in [-0.4, -0.2) is 34.5 Å². The summed E-state index contributed by atoms with van der Waals surface area (Å²) < 4.78 is 0.556. The minimum Gasteiger partial charge on any atom is -0.478 e. The molecule has 0 radical (unpaired) electrons. The lowest BCUT2D eigenvalue weighted by Crippen LogP contribution is -2.45. The average molecular weight is 393 g/mol. The summed E-state index contributed by atoms with van der Waals surface area (Å²) in [5.41, 5.74) is -0.123. The smallest absolute Gasteiger partial charge is 0.337 e. The highest BCUT2D eigenvalue weighted by Crippen LogP contribution is 2.19. The molecule has 0 aromatic heterocycles. The maximum Gasteiger partial charge on any atom is 0.337 e. The number of nitrogens with one attached hydrogen (secondary N) is 1. The third-order valence-corrected chi connectivity index (χ3v) is 4.34. The summed E-state index contributed by atoms with van der Waals surface area (Å²) in [6, 6.07) is 4.90. The van der Waals surface area contributed by atoms with Crippen LogP contribution in [0.15, 0.2) is 18.2 Å². The van der Waals surface area contributed by atoms with E-state index in [0.29, 0.717) is 3.57 Å². The number of carboxylic acid groups (broad SMARTS) is 1. The first-order valence-electron chi connectivity index (χ1n) is 5.62. The predicted molar refractivity (Wildman–Crippen MR) is 86.0 cm³/mol. The van der Waals surface area contributed by atoms with E-state index in [1.165, 1.54) is 6.07 Å². The monoisotopic (exact) mass is 393 g/mol. The Morgan fingerprint density at radius 1 is 1.42 bits per heavy atom. The molecule has 6 heteroatoms. The first-order chi connectivity index (χ1) is 8.78. The highest BCUT2D eigenvalue weighted by atomic mass is 127. The van der Waals surface area contributed by atoms with E-state index in [2.05, 4.69) is 5.32 Å². The van der Waals surface area contributed by atoms with Crippen molar-refractivity contribution in [2.45, 2.75) is 19.4 Å². The molecule has 0 saturated carbocycles. The highest BCUT2D eigenvalue weighted by Gasteiger charge is 2.24. The molecule has 0 saturated heterocycles. The molecule has 1 rings (SSSR count). The highest BCUT2D eigenvalue weighted by molar-refractivity contribution is 14.1. The Balaban J connectivity index is 3.07. The third-order valence-electron chi connectivity index (χ3n) is 2.43. The normalized spacial score (nSPS) is 11.2. The first kappa shape index (κ1) is 16.3. The number of thioether (sulfide) groups is 1. The molecule has 1 amide bonds. The molecule has 0 atom stereocenters. The fraction of sp³-hybridized carbons (Fsp3) is 0.385. The number of carbonyl (C=O) groups is 2. The van der Waals surface area contributed by atoms with Gasteiger partial charge in [-0.2, -0.15) is 11.8 Å². The summed E-state index contributed by atoms with van der Waals surface area (Å²) in [4.78, 5) is 23.5. The van der Waals surface area contributed by atoms with Gasteiger partial charge in [0.05, 0.1) is 11.1 Å². The number of benzene rings is 1. The molecule has 1 aromatic rings. The minimum absolute atomic E-state index is 0.0561. The Morgan fingerprint density at radius 2 is 2.05 bits per heavy atom. The molecule has 0 aliphatic carbocycles. The summed E-state index contributed by atoms with van der Waals surface area (Å²) in [5, 5.41) is 12.1. The van der Waals surface area contributed by atoms with E-state index < -0.39 is 5.97 Å². The number of halogens is 1. The van der Waals surface area contributed by atoms with Crippen LogP contribution in [0.2, 0.25) is 0 Å². The Bertz CT molecular complexity index is 503. The Labute approximate surface area is 130 Å². The largest absolute Gasteiger partial charge is 0.478 e. The van der Waals surface area contributed by atoms with Gasteiger partial charge in [-0.3, -0.25) is 4.79 Å². The molecular formula is C13H16INO3S. The molecule has 1 aromatic carbocycles. The van der Waals surface area contributed by atoms with Crippen LogP contribution < -0.4 is 5.32 Å². The zero-order valence-electron chi connectivity index (χ0n) is 11.0. The molecule has 104 valence electrons. The van der Waals surface area contributed by atoms with Crippen molar-refractivity contribution in [3.05, 3.63) is 32.9 Å². The van der Waals surface area contributed by atoms with Crippen LogP contribution in [0, 0.1) is 3.57 Å². The number of amides is 1. The quantitative estimate of drug-likeness (QED) is 0.756. The summed E-state index contributed by atoms with van der Waals surface area (Å²) in [5.74, 6) is -0.682. The van der Waals surface area contributed by atoms with Crippen molar-refractivity contribution in [2.24, 2.45) is 0 Å². The van der Waals surface area contributed by atoms with Gasteiger partial charge in [-0.25, -0.2) is 4.79 Å². The van der Waals surface area contributed by atoms with E-state index in [1.807, 2.05) is 42.7 Å². The fourth-order valence-electron chi connectivity index (χ4n) is 1.70. The number of rotatable bonds is 5. The molecule has 0 aliphatic rings. The van der Waals surface area contributed by atoms with Gasteiger partial charge in [0.1, 0.15) is 0 Å². The van der Waals surface area contributed by atoms with Crippen molar-refractivity contribution in [3.8, 4) is 0 Å². The van der Waals surface area contributed by atoms with Gasteiger partial charge in [-0.15, -0.1) is 0 Å². The summed E-state index contributed by atoms with van der Waals surface area (Å²) in [7, 11) is 0. The SMILES string of the molecule is CSCC(C)(C)NC(=O)c1cccc(I)c1C(=O)O. The van der Waals surface area contributed by atoms with E-state index in [0.717, 1.165) is 5.75 Å². The molecule has 0 unspecified atom stereocenters. The predicted octanol–water partition coefficient (Wildman–Crippen LogP) is 2.86. The van der Waals surface area contributed by atoms with E-state index in [1.54, 1.807) is 23.9 Å². The van der Waals surface area contributed by atoms with E-state index >= 15 is 0 Å². The maximum absolute atomic E-state index is 12.2. The molecule has 19 heavy (non-hydrogen) atoms. The maximum atomic E-state index is 12.2. The van der Waals surface area contributed by atoms with Gasteiger partial charge in [0.15, 0.2) is 0 Å². The van der Waals surface area contributed by atoms with E-state index in [-0.39, 0.29) is 22.6 Å². The topological polar surface area (TPSA) is 66.4 Å². The number of hydrogen-bond acceptors (Lipinski definition) is 3. The Hall–Kier alpha value is -0.760. The number of aromatic carboxylic acids is 1. The second-order valence-electron chi connectivity index (χ2n) is 4.74. The average Bonchev–Trinajstić information content (AvgIpc) is 2.27. The number of carbonyl (C=O) groups excluding carboxylic acids is 1. The van der Waals surface area contributed by atoms with Crippen LogP contribution in [-0.2, 0) is 0 Å². The van der Waals surface area contributed by atoms with Crippen molar-refractivity contribution in [2.75, 3.05) is 12.0 Å². The first-order valence-corrected chi connectivity index (χ1v) is 8.09. The van der Waals surface area contributed by atoms with Crippen LogP contribution in [0.1, 0.15) is 34.6 Å². The molecule has 0 heterocycles. The van der Waals surface area contributed by atoms with Crippen molar-refractivity contribution in [1.29, 1.82) is 0 Å². The van der Waals surface area contributed by atoms with Crippen LogP contribution in [0.3, 0.4) is 0 Å². The molecule has 4 nitrogen and oxygen atoms in total. The molecule has 0 aliphatic heterocycles. The van der Waals surface area contributed by atoms with Crippen molar-refractivity contribution < 1.29 is 14.7 Å². The van der Waals surface area contributed by atoms with Crippen LogP contribution in [0.25, 0.3) is 0 Å². The Kier molecular flexibility index (Phi) is 5.66. The third kappa shape index (κ3) is 4.38. The van der Waals surface area contributed by atoms with Crippen molar-refractivity contribution in [1.82, 2.24) is 5.32 Å². The van der Waals surface area contributed by atoms with E-state index in [9.17, 15) is 14.7 Å². The van der Waals surface area contributed by atoms with Crippen LogP contribution in [0.4, 0.5) is 0 Å². The standard InChI is InChI=1S/C13H16INO3S/c1-13(2,7-19-3)15-11(16)8-5-4-6-9(14)10(8)12(17)18/h4-6H,7H2,1-3H3,(H,15,16)(H,17,18). The van der Waals surface area contributed by atoms with Gasteiger partial charge < -0.3 is 10.4 Å². The summed E-state index contributed by atoms with van der Waals surface area (Å²) in [6.07, 6.45) is 1.96. The van der Waals surface area contributed by atoms with Crippen LogP contribution in [0.5, 0.6) is 0 Å². The van der Waals surface area contributed by atoms with Crippen LogP contribution >= 0.6 is 34.4 Å². The molecule has 0 spiro atoms. The van der Waals surface area contributed by atoms with Gasteiger partial charge >= 0.3 is 5.97 Å². The minimum atomic E-state index is -1.09. The lowest BCUT2D eigenvalue weighted by molar-refractivity contribution is 0.0688. The van der Waals surface area contributed by atoms with Gasteiger partial charge in [0.25, 0.3) is 5.91 Å². The second kappa shape index (κ2) is 6.60. The summed E-state index contributed by atoms with van der Waals surface area (Å²) >= 11 is 3.55. The van der Waals surface area contributed by atoms with Gasteiger partial charge in [-0.05, 0) is 54.8 Å². The molecule has 2 N–H and O–H groups in total. The second-order valence-corrected chi connectivity index (χ2v) is 6.77. The lowest BCUT2D eigenvalue weighted by atomic mass is 10.0. The van der Waals surface area contributed by atoms with Crippen molar-refractivity contribution in [3.63, 3.8) is 0 Å². The lowest BCUT2D eigenvalue weighted by Gasteiger charge is -2.25. The molecule has 0 bridgehead atoms. The van der Waals surface area contributed by atoms with Crippen molar-refractivity contribution >= 4 is 46.2 Å². The van der Waals surface area contributed by atoms with Gasteiger partial charge in [0, 0.05) is 14.9 Å². The fourth-order valence-corrected chi connectivity index (χ4v) is 3.23. The summed E-state index contributed by atoms with van der Waals surface area (Å²) in [6.45, 7) is 3.82. The zero-order chi connectivity index (χ0) is 14.6. The van der Waals surface area contributed by atoms with Gasteiger partial charge in [0.2, 0.25) is 0 Å². The molecular weight excluding hydrogens is 377 g/mol. The zero-order valence-corrected chi connectivity index (χ0v) is 14.0. The molecule has 0 fully saturated rings. The van der Waals surface area contributed by atoms with E-state index in [4.69, 9.17) is 0 Å². The Morgan fingerprint density at radius 3 is 2.58 bits per heavy atom. The number of hydrogen-bond donors (Lipinski definition) is 2.